The fourth-order valence-electron chi connectivity index (χ4n) is 1.86. The zero-order valence-corrected chi connectivity index (χ0v) is 12.9. The summed E-state index contributed by atoms with van der Waals surface area (Å²) < 4.78 is 6.40. The van der Waals surface area contributed by atoms with E-state index in [0.717, 1.165) is 17.3 Å². The first kappa shape index (κ1) is 16.0. The van der Waals surface area contributed by atoms with E-state index in [-0.39, 0.29) is 5.56 Å². The van der Waals surface area contributed by atoms with Crippen molar-refractivity contribution in [2.75, 3.05) is 6.61 Å². The van der Waals surface area contributed by atoms with Crippen molar-refractivity contribution in [3.05, 3.63) is 28.2 Å². The molecule has 0 fully saturated rings. The molecule has 0 aliphatic heterocycles. The molecular formula is C15H21BrO3. The highest BCUT2D eigenvalue weighted by molar-refractivity contribution is 9.10. The van der Waals surface area contributed by atoms with Gasteiger partial charge in [0.1, 0.15) is 11.3 Å². The standard InChI is InChI=1S/C15H21BrO3/c1-2-3-4-5-6-7-10-19-14-11-12(16)8-9-13(14)15(17)18/h8-9,11H,2-7,10H2,1H3,(H,17,18). The van der Waals surface area contributed by atoms with Crippen molar-refractivity contribution < 1.29 is 14.6 Å². The summed E-state index contributed by atoms with van der Waals surface area (Å²) in [6, 6.07) is 4.98. The lowest BCUT2D eigenvalue weighted by Crippen LogP contribution is -2.04. The average Bonchev–Trinajstić information content (AvgIpc) is 2.37. The van der Waals surface area contributed by atoms with E-state index in [1.165, 1.54) is 25.7 Å². The molecule has 0 bridgehead atoms. The lowest BCUT2D eigenvalue weighted by atomic mass is 10.1. The Morgan fingerprint density at radius 3 is 2.58 bits per heavy atom. The molecule has 1 rings (SSSR count). The molecule has 0 unspecified atom stereocenters. The predicted molar refractivity (Wildman–Crippen MR) is 80.0 cm³/mol. The van der Waals surface area contributed by atoms with Gasteiger partial charge in [0, 0.05) is 4.47 Å². The molecule has 0 spiro atoms. The highest BCUT2D eigenvalue weighted by atomic mass is 79.9. The number of ether oxygens (including phenoxy) is 1. The summed E-state index contributed by atoms with van der Waals surface area (Å²) in [5.74, 6) is -0.513. The normalized spacial score (nSPS) is 10.4. The maximum atomic E-state index is 11.0. The van der Waals surface area contributed by atoms with Crippen LogP contribution in [0.4, 0.5) is 0 Å². The summed E-state index contributed by atoms with van der Waals surface area (Å²) in [4.78, 5) is 11.0. The van der Waals surface area contributed by atoms with Gasteiger partial charge in [0.2, 0.25) is 0 Å². The van der Waals surface area contributed by atoms with Crippen molar-refractivity contribution in [1.29, 1.82) is 0 Å². The second kappa shape index (κ2) is 8.97. The van der Waals surface area contributed by atoms with Gasteiger partial charge in [-0.05, 0) is 24.6 Å². The van der Waals surface area contributed by atoms with Crippen LogP contribution >= 0.6 is 15.9 Å². The first-order valence-corrected chi connectivity index (χ1v) is 7.60. The van der Waals surface area contributed by atoms with Gasteiger partial charge in [-0.2, -0.15) is 0 Å². The minimum atomic E-state index is -0.953. The number of aromatic carboxylic acids is 1. The predicted octanol–water partition coefficient (Wildman–Crippen LogP) is 4.89. The van der Waals surface area contributed by atoms with Gasteiger partial charge in [-0.1, -0.05) is 55.0 Å². The van der Waals surface area contributed by atoms with Crippen molar-refractivity contribution >= 4 is 21.9 Å². The van der Waals surface area contributed by atoms with E-state index in [1.807, 2.05) is 0 Å². The van der Waals surface area contributed by atoms with Gasteiger partial charge in [-0.25, -0.2) is 4.79 Å². The van der Waals surface area contributed by atoms with Gasteiger partial charge in [0.15, 0.2) is 0 Å². The Balaban J connectivity index is 2.36. The van der Waals surface area contributed by atoms with Crippen LogP contribution in [-0.2, 0) is 0 Å². The van der Waals surface area contributed by atoms with Gasteiger partial charge in [0.25, 0.3) is 0 Å². The number of carboxylic acids is 1. The SMILES string of the molecule is CCCCCCCCOc1cc(Br)ccc1C(=O)O. The summed E-state index contributed by atoms with van der Waals surface area (Å²) in [6.07, 6.45) is 7.13. The lowest BCUT2D eigenvalue weighted by molar-refractivity contribution is 0.0692. The molecule has 19 heavy (non-hydrogen) atoms. The van der Waals surface area contributed by atoms with E-state index in [2.05, 4.69) is 22.9 Å². The number of halogens is 1. The Hall–Kier alpha value is -1.03. The molecule has 0 amide bonds. The number of hydrogen-bond acceptors (Lipinski definition) is 2. The van der Waals surface area contributed by atoms with Gasteiger partial charge >= 0.3 is 5.97 Å². The fraction of sp³-hybridized carbons (Fsp3) is 0.533. The quantitative estimate of drug-likeness (QED) is 0.656. The smallest absolute Gasteiger partial charge is 0.339 e. The molecule has 4 heteroatoms. The van der Waals surface area contributed by atoms with Crippen LogP contribution in [0.2, 0.25) is 0 Å². The van der Waals surface area contributed by atoms with Crippen molar-refractivity contribution in [3.63, 3.8) is 0 Å². The van der Waals surface area contributed by atoms with Crippen LogP contribution < -0.4 is 4.74 Å². The number of unbranched alkanes of at least 4 members (excludes halogenated alkanes) is 5. The maximum Gasteiger partial charge on any atom is 0.339 e. The Kier molecular flexibility index (Phi) is 7.56. The molecule has 0 saturated carbocycles. The zero-order chi connectivity index (χ0) is 14.1. The Labute approximate surface area is 123 Å². The third-order valence-electron chi connectivity index (χ3n) is 2.93. The second-order valence-electron chi connectivity index (χ2n) is 4.56. The molecule has 1 aromatic rings. The average molecular weight is 329 g/mol. The van der Waals surface area contributed by atoms with E-state index < -0.39 is 5.97 Å². The largest absolute Gasteiger partial charge is 0.493 e. The molecule has 0 saturated heterocycles. The van der Waals surface area contributed by atoms with Crippen molar-refractivity contribution in [2.45, 2.75) is 45.4 Å². The van der Waals surface area contributed by atoms with Crippen LogP contribution in [0.15, 0.2) is 22.7 Å². The summed E-state index contributed by atoms with van der Waals surface area (Å²) >= 11 is 3.32. The molecule has 0 aliphatic rings. The zero-order valence-electron chi connectivity index (χ0n) is 11.3. The fourth-order valence-corrected chi connectivity index (χ4v) is 2.20. The molecule has 106 valence electrons. The van der Waals surface area contributed by atoms with Crippen molar-refractivity contribution in [1.82, 2.24) is 0 Å². The van der Waals surface area contributed by atoms with E-state index >= 15 is 0 Å². The molecule has 0 heterocycles. The maximum absolute atomic E-state index is 11.0. The number of rotatable bonds is 9. The Bertz CT molecular complexity index is 404. The van der Waals surface area contributed by atoms with Crippen molar-refractivity contribution in [3.8, 4) is 5.75 Å². The highest BCUT2D eigenvalue weighted by Crippen LogP contribution is 2.24. The van der Waals surface area contributed by atoms with E-state index in [1.54, 1.807) is 18.2 Å². The molecule has 0 radical (unpaired) electrons. The van der Waals surface area contributed by atoms with Gasteiger partial charge in [0.05, 0.1) is 6.61 Å². The summed E-state index contributed by atoms with van der Waals surface area (Å²) in [5.41, 5.74) is 0.217. The number of hydrogen-bond donors (Lipinski definition) is 1. The number of carbonyl (C=O) groups is 1. The molecule has 1 N–H and O–H groups in total. The topological polar surface area (TPSA) is 46.5 Å². The van der Waals surface area contributed by atoms with Crippen LogP contribution in [-0.4, -0.2) is 17.7 Å². The first-order valence-electron chi connectivity index (χ1n) is 6.80. The third kappa shape index (κ3) is 6.10. The Morgan fingerprint density at radius 2 is 1.89 bits per heavy atom. The summed E-state index contributed by atoms with van der Waals surface area (Å²) in [6.45, 7) is 2.77. The molecule has 0 aromatic heterocycles. The molecule has 0 atom stereocenters. The van der Waals surface area contributed by atoms with Crippen LogP contribution in [0.3, 0.4) is 0 Å². The van der Waals surface area contributed by atoms with E-state index in [0.29, 0.717) is 12.4 Å². The molecule has 1 aromatic carbocycles. The van der Waals surface area contributed by atoms with Gasteiger partial charge < -0.3 is 9.84 Å². The Morgan fingerprint density at radius 1 is 1.21 bits per heavy atom. The number of carboxylic acid groups (broad SMARTS) is 1. The lowest BCUT2D eigenvalue weighted by Gasteiger charge is -2.09. The molecular weight excluding hydrogens is 308 g/mol. The summed E-state index contributed by atoms with van der Waals surface area (Å²) in [5, 5.41) is 9.06. The third-order valence-corrected chi connectivity index (χ3v) is 3.42. The minimum Gasteiger partial charge on any atom is -0.493 e. The minimum absolute atomic E-state index is 0.217. The van der Waals surface area contributed by atoms with Crippen molar-refractivity contribution in [2.24, 2.45) is 0 Å². The van der Waals surface area contributed by atoms with Crippen LogP contribution in [0.5, 0.6) is 5.75 Å². The second-order valence-corrected chi connectivity index (χ2v) is 5.48. The molecule has 3 nitrogen and oxygen atoms in total. The van der Waals surface area contributed by atoms with E-state index in [4.69, 9.17) is 9.84 Å². The monoisotopic (exact) mass is 328 g/mol. The number of benzene rings is 1. The van der Waals surface area contributed by atoms with E-state index in [9.17, 15) is 4.79 Å². The van der Waals surface area contributed by atoms with Gasteiger partial charge in [-0.15, -0.1) is 0 Å². The van der Waals surface area contributed by atoms with Crippen LogP contribution in [0.25, 0.3) is 0 Å². The first-order chi connectivity index (χ1) is 9.15. The van der Waals surface area contributed by atoms with Gasteiger partial charge in [-0.3, -0.25) is 0 Å². The molecule has 0 aliphatic carbocycles. The van der Waals surface area contributed by atoms with Crippen LogP contribution in [0, 0.1) is 0 Å². The van der Waals surface area contributed by atoms with Crippen LogP contribution in [0.1, 0.15) is 55.8 Å². The highest BCUT2D eigenvalue weighted by Gasteiger charge is 2.11. The summed E-state index contributed by atoms with van der Waals surface area (Å²) in [7, 11) is 0.